The lowest BCUT2D eigenvalue weighted by Gasteiger charge is -2.09. The second-order valence-corrected chi connectivity index (χ2v) is 6.53. The molecule has 0 saturated heterocycles. The van der Waals surface area contributed by atoms with E-state index in [1.807, 2.05) is 60.7 Å². The number of rotatable bonds is 3. The fraction of sp³-hybridized carbons (Fsp3) is 0.0455. The summed E-state index contributed by atoms with van der Waals surface area (Å²) in [5.41, 5.74) is 1.58. The number of aromatic nitrogens is 2. The van der Waals surface area contributed by atoms with E-state index in [0.29, 0.717) is 16.8 Å². The predicted molar refractivity (Wildman–Crippen MR) is 108 cm³/mol. The first-order valence-electron chi connectivity index (χ1n) is 8.85. The van der Waals surface area contributed by atoms with Gasteiger partial charge in [-0.05, 0) is 23.6 Å². The highest BCUT2D eigenvalue weighted by Gasteiger charge is 2.15. The number of para-hydroxylation sites is 1. The maximum absolute atomic E-state index is 12.7. The topological polar surface area (TPSA) is 77.1 Å². The summed E-state index contributed by atoms with van der Waals surface area (Å²) in [6, 6.07) is 20.8. The fourth-order valence-corrected chi connectivity index (χ4v) is 3.41. The summed E-state index contributed by atoms with van der Waals surface area (Å²) < 4.78 is 6.91. The maximum atomic E-state index is 12.7. The van der Waals surface area contributed by atoms with Crippen LogP contribution in [0.2, 0.25) is 0 Å². The molecule has 6 nitrogen and oxygen atoms in total. The molecular formula is C22H15N3O3. The standard InChI is InChI=1S/C22H15N3O3/c26-19(24-17-10-5-7-14-6-1-2-8-15(14)17)12-25-13-23-20-16-9-3-4-11-18(16)28-21(20)22(25)27/h1-11,13H,12H2,(H,24,26). The Kier molecular flexibility index (Phi) is 3.69. The van der Waals surface area contributed by atoms with Crippen molar-refractivity contribution in [3.63, 3.8) is 0 Å². The van der Waals surface area contributed by atoms with Gasteiger partial charge in [-0.1, -0.05) is 48.5 Å². The monoisotopic (exact) mass is 369 g/mol. The zero-order valence-corrected chi connectivity index (χ0v) is 14.8. The van der Waals surface area contributed by atoms with Crippen LogP contribution in [0.3, 0.4) is 0 Å². The average molecular weight is 369 g/mol. The summed E-state index contributed by atoms with van der Waals surface area (Å²) in [6.45, 7) is -0.151. The minimum Gasteiger partial charge on any atom is -0.448 e. The van der Waals surface area contributed by atoms with E-state index in [2.05, 4.69) is 10.3 Å². The summed E-state index contributed by atoms with van der Waals surface area (Å²) >= 11 is 0. The third kappa shape index (κ3) is 2.63. The van der Waals surface area contributed by atoms with E-state index in [9.17, 15) is 9.59 Å². The molecule has 136 valence electrons. The summed E-state index contributed by atoms with van der Waals surface area (Å²) in [4.78, 5) is 29.6. The van der Waals surface area contributed by atoms with Crippen molar-refractivity contribution in [2.75, 3.05) is 5.32 Å². The summed E-state index contributed by atoms with van der Waals surface area (Å²) in [5.74, 6) is -0.310. The lowest BCUT2D eigenvalue weighted by atomic mass is 10.1. The molecule has 3 aromatic carbocycles. The molecule has 2 aromatic heterocycles. The van der Waals surface area contributed by atoms with E-state index in [0.717, 1.165) is 16.2 Å². The molecule has 1 N–H and O–H groups in total. The number of fused-ring (bicyclic) bond motifs is 4. The SMILES string of the molecule is O=C(Cn1cnc2c(oc3ccccc32)c1=O)Nc1cccc2ccccc12. The third-order valence-corrected chi connectivity index (χ3v) is 4.73. The van der Waals surface area contributed by atoms with E-state index in [1.54, 1.807) is 6.07 Å². The molecule has 5 aromatic rings. The molecule has 28 heavy (non-hydrogen) atoms. The van der Waals surface area contributed by atoms with Crippen LogP contribution in [-0.2, 0) is 11.3 Å². The van der Waals surface area contributed by atoms with Gasteiger partial charge in [0.05, 0.1) is 6.33 Å². The third-order valence-electron chi connectivity index (χ3n) is 4.73. The van der Waals surface area contributed by atoms with Gasteiger partial charge in [0.25, 0.3) is 5.56 Å². The number of nitrogens with zero attached hydrogens (tertiary/aromatic N) is 2. The van der Waals surface area contributed by atoms with E-state index >= 15 is 0 Å². The zero-order valence-electron chi connectivity index (χ0n) is 14.8. The highest BCUT2D eigenvalue weighted by molar-refractivity contribution is 6.03. The first-order chi connectivity index (χ1) is 13.7. The second kappa shape index (κ2) is 6.35. The largest absolute Gasteiger partial charge is 0.448 e. The van der Waals surface area contributed by atoms with Gasteiger partial charge in [-0.25, -0.2) is 4.98 Å². The van der Waals surface area contributed by atoms with Crippen LogP contribution in [0, 0.1) is 0 Å². The van der Waals surface area contributed by atoms with Crippen LogP contribution in [0.5, 0.6) is 0 Å². The number of nitrogens with one attached hydrogen (secondary N) is 1. The minimum atomic E-state index is -0.380. The number of anilines is 1. The molecule has 5 rings (SSSR count). The molecule has 0 radical (unpaired) electrons. The highest BCUT2D eigenvalue weighted by atomic mass is 16.3. The Bertz CT molecular complexity index is 1410. The first kappa shape index (κ1) is 16.3. The van der Waals surface area contributed by atoms with Gasteiger partial charge in [-0.15, -0.1) is 0 Å². The average Bonchev–Trinajstić information content (AvgIpc) is 3.10. The fourth-order valence-electron chi connectivity index (χ4n) is 3.41. The van der Waals surface area contributed by atoms with Crippen molar-refractivity contribution in [2.24, 2.45) is 0 Å². The number of carbonyl (C=O) groups is 1. The minimum absolute atomic E-state index is 0.151. The molecule has 0 aliphatic heterocycles. The number of furan rings is 1. The van der Waals surface area contributed by atoms with Gasteiger partial charge >= 0.3 is 0 Å². The van der Waals surface area contributed by atoms with Gasteiger partial charge in [0, 0.05) is 16.5 Å². The van der Waals surface area contributed by atoms with Gasteiger partial charge in [-0.2, -0.15) is 0 Å². The normalized spacial score (nSPS) is 11.3. The van der Waals surface area contributed by atoms with Gasteiger partial charge in [-0.3, -0.25) is 14.2 Å². The van der Waals surface area contributed by atoms with Crippen molar-refractivity contribution < 1.29 is 9.21 Å². The van der Waals surface area contributed by atoms with Crippen LogP contribution in [0.4, 0.5) is 5.69 Å². The molecule has 0 fully saturated rings. The molecule has 0 aliphatic carbocycles. The van der Waals surface area contributed by atoms with E-state index in [4.69, 9.17) is 4.42 Å². The van der Waals surface area contributed by atoms with Crippen LogP contribution in [0.25, 0.3) is 32.8 Å². The summed E-state index contributed by atoms with van der Waals surface area (Å²) in [6.07, 6.45) is 1.38. The summed E-state index contributed by atoms with van der Waals surface area (Å²) in [7, 11) is 0. The molecule has 0 atom stereocenters. The van der Waals surface area contributed by atoms with Crippen molar-refractivity contribution in [3.8, 4) is 0 Å². The van der Waals surface area contributed by atoms with Crippen molar-refractivity contribution in [1.82, 2.24) is 9.55 Å². The van der Waals surface area contributed by atoms with Crippen LogP contribution in [-0.4, -0.2) is 15.5 Å². The predicted octanol–water partition coefficient (Wildman–Crippen LogP) is 3.93. The van der Waals surface area contributed by atoms with Gasteiger partial charge < -0.3 is 9.73 Å². The van der Waals surface area contributed by atoms with Crippen LogP contribution >= 0.6 is 0 Å². The number of hydrogen-bond donors (Lipinski definition) is 1. The second-order valence-electron chi connectivity index (χ2n) is 6.53. The lowest BCUT2D eigenvalue weighted by molar-refractivity contribution is -0.116. The van der Waals surface area contributed by atoms with E-state index in [1.165, 1.54) is 10.9 Å². The lowest BCUT2D eigenvalue weighted by Crippen LogP contribution is -2.27. The molecule has 0 unspecified atom stereocenters. The molecule has 2 heterocycles. The Morgan fingerprint density at radius 1 is 0.964 bits per heavy atom. The van der Waals surface area contributed by atoms with Gasteiger partial charge in [0.2, 0.25) is 11.5 Å². The Hall–Kier alpha value is -3.93. The van der Waals surface area contributed by atoms with Gasteiger partial charge in [0.1, 0.15) is 17.6 Å². The van der Waals surface area contributed by atoms with Crippen LogP contribution in [0.15, 0.2) is 82.3 Å². The van der Waals surface area contributed by atoms with E-state index in [-0.39, 0.29) is 23.6 Å². The quantitative estimate of drug-likeness (QED) is 0.523. The van der Waals surface area contributed by atoms with Crippen molar-refractivity contribution in [1.29, 1.82) is 0 Å². The zero-order chi connectivity index (χ0) is 19.1. The van der Waals surface area contributed by atoms with Gasteiger partial charge in [0.15, 0.2) is 0 Å². The molecule has 0 bridgehead atoms. The molecule has 1 amide bonds. The summed E-state index contributed by atoms with van der Waals surface area (Å²) in [5, 5.41) is 5.63. The molecule has 6 heteroatoms. The Morgan fingerprint density at radius 3 is 2.61 bits per heavy atom. The maximum Gasteiger partial charge on any atom is 0.297 e. The number of benzene rings is 3. The van der Waals surface area contributed by atoms with Crippen LogP contribution < -0.4 is 10.9 Å². The highest BCUT2D eigenvalue weighted by Crippen LogP contribution is 2.24. The first-order valence-corrected chi connectivity index (χ1v) is 8.85. The smallest absolute Gasteiger partial charge is 0.297 e. The Labute approximate surface area is 159 Å². The Morgan fingerprint density at radius 2 is 1.71 bits per heavy atom. The molecule has 0 spiro atoms. The van der Waals surface area contributed by atoms with E-state index < -0.39 is 0 Å². The van der Waals surface area contributed by atoms with Crippen molar-refractivity contribution in [3.05, 3.63) is 83.4 Å². The number of amides is 1. The number of hydrogen-bond acceptors (Lipinski definition) is 4. The Balaban J connectivity index is 1.48. The van der Waals surface area contributed by atoms with Crippen LogP contribution in [0.1, 0.15) is 0 Å². The van der Waals surface area contributed by atoms with Crippen molar-refractivity contribution >= 4 is 44.4 Å². The van der Waals surface area contributed by atoms with Crippen molar-refractivity contribution in [2.45, 2.75) is 6.54 Å². The number of carbonyl (C=O) groups excluding carboxylic acids is 1. The molecule has 0 aliphatic rings. The molecule has 0 saturated carbocycles. The molecular weight excluding hydrogens is 354 g/mol.